The zero-order valence-corrected chi connectivity index (χ0v) is 18.7. The van der Waals surface area contributed by atoms with Crippen LogP contribution in [0.2, 0.25) is 0 Å². The highest BCUT2D eigenvalue weighted by molar-refractivity contribution is 6.04. The minimum atomic E-state index is -0.834. The number of nitrogens with one attached hydrogen (secondary N) is 1. The molecule has 8 heteroatoms. The molecule has 1 unspecified atom stereocenters. The first-order valence-corrected chi connectivity index (χ1v) is 10.1. The van der Waals surface area contributed by atoms with E-state index in [1.807, 2.05) is 27.7 Å². The van der Waals surface area contributed by atoms with Crippen LogP contribution in [-0.2, 0) is 9.59 Å². The van der Waals surface area contributed by atoms with Crippen molar-refractivity contribution in [3.05, 3.63) is 23.8 Å². The Hall–Kier alpha value is -2.61. The highest BCUT2D eigenvalue weighted by atomic mass is 16.5. The summed E-state index contributed by atoms with van der Waals surface area (Å²) in [7, 11) is 2.99. The first-order chi connectivity index (χ1) is 14.1. The van der Waals surface area contributed by atoms with Gasteiger partial charge in [-0.3, -0.25) is 19.6 Å². The number of hydrogen-bond donors (Lipinski definition) is 2. The molecular weight excluding hydrogens is 388 g/mol. The number of benzene rings is 1. The molecule has 0 spiro atoms. The molecule has 168 valence electrons. The number of rotatable bonds is 12. The van der Waals surface area contributed by atoms with Crippen molar-refractivity contribution in [2.24, 2.45) is 11.3 Å². The number of amides is 2. The lowest BCUT2D eigenvalue weighted by Crippen LogP contribution is -2.52. The van der Waals surface area contributed by atoms with Crippen molar-refractivity contribution in [3.8, 4) is 11.5 Å². The van der Waals surface area contributed by atoms with Crippen LogP contribution in [0.25, 0.3) is 0 Å². The van der Waals surface area contributed by atoms with Gasteiger partial charge in [-0.2, -0.15) is 0 Å². The minimum absolute atomic E-state index is 0.133. The maximum absolute atomic E-state index is 13.4. The second kappa shape index (κ2) is 11.5. The van der Waals surface area contributed by atoms with Gasteiger partial charge in [-0.15, -0.1) is 0 Å². The van der Waals surface area contributed by atoms with Crippen LogP contribution < -0.4 is 14.8 Å². The van der Waals surface area contributed by atoms with E-state index >= 15 is 0 Å². The van der Waals surface area contributed by atoms with Crippen LogP contribution in [0.5, 0.6) is 11.5 Å². The largest absolute Gasteiger partial charge is 0.497 e. The van der Waals surface area contributed by atoms with Crippen molar-refractivity contribution in [1.29, 1.82) is 0 Å². The van der Waals surface area contributed by atoms with Crippen LogP contribution in [0.15, 0.2) is 18.2 Å². The summed E-state index contributed by atoms with van der Waals surface area (Å²) in [6.07, 6.45) is 2.37. The summed E-state index contributed by atoms with van der Waals surface area (Å²) >= 11 is 0. The van der Waals surface area contributed by atoms with Crippen molar-refractivity contribution < 1.29 is 29.1 Å². The van der Waals surface area contributed by atoms with Gasteiger partial charge in [-0.05, 0) is 24.0 Å². The van der Waals surface area contributed by atoms with Crippen molar-refractivity contribution >= 4 is 18.1 Å². The Labute approximate surface area is 178 Å². The number of ketones is 1. The number of Topliss-reactive ketones (excluding diaryl/α,β-unsaturated/α-hetero) is 1. The lowest BCUT2D eigenvalue weighted by molar-refractivity contribution is -0.154. The van der Waals surface area contributed by atoms with Gasteiger partial charge in [0, 0.05) is 6.07 Å². The Morgan fingerprint density at radius 2 is 1.90 bits per heavy atom. The van der Waals surface area contributed by atoms with Gasteiger partial charge in [0.2, 0.25) is 12.3 Å². The molecule has 2 atom stereocenters. The second-order valence-electron chi connectivity index (χ2n) is 8.30. The van der Waals surface area contributed by atoms with E-state index < -0.39 is 17.4 Å². The molecule has 1 aromatic rings. The third-order valence-corrected chi connectivity index (χ3v) is 4.90. The van der Waals surface area contributed by atoms with E-state index in [0.29, 0.717) is 28.5 Å². The number of carbonyl (C=O) groups excluding carboxylic acids is 3. The molecule has 8 nitrogen and oxygen atoms in total. The summed E-state index contributed by atoms with van der Waals surface area (Å²) in [5.41, 5.74) is -0.253. The smallest absolute Gasteiger partial charge is 0.233 e. The normalized spacial score (nSPS) is 13.2. The van der Waals surface area contributed by atoms with E-state index in [1.54, 1.807) is 18.2 Å². The van der Waals surface area contributed by atoms with Gasteiger partial charge >= 0.3 is 0 Å². The number of unbranched alkanes of at least 4 members (excludes halogenated alkanes) is 1. The fourth-order valence-electron chi connectivity index (χ4n) is 3.12. The predicted octanol–water partition coefficient (Wildman–Crippen LogP) is 3.07. The van der Waals surface area contributed by atoms with E-state index in [9.17, 15) is 19.6 Å². The zero-order chi connectivity index (χ0) is 22.9. The molecule has 0 fully saturated rings. The minimum Gasteiger partial charge on any atom is -0.497 e. The second-order valence-corrected chi connectivity index (χ2v) is 8.30. The average Bonchev–Trinajstić information content (AvgIpc) is 2.72. The van der Waals surface area contributed by atoms with Crippen LogP contribution in [-0.4, -0.2) is 55.2 Å². The fourth-order valence-corrected chi connectivity index (χ4v) is 3.12. The number of carbonyl (C=O) groups is 3. The summed E-state index contributed by atoms with van der Waals surface area (Å²) in [4.78, 5) is 37.2. The molecule has 0 heterocycles. The molecule has 1 aromatic carbocycles. The molecule has 0 bridgehead atoms. The number of hydroxylamine groups is 2. The number of hydrogen-bond acceptors (Lipinski definition) is 6. The van der Waals surface area contributed by atoms with Crippen molar-refractivity contribution in [3.63, 3.8) is 0 Å². The first-order valence-electron chi connectivity index (χ1n) is 10.1. The van der Waals surface area contributed by atoms with Crippen LogP contribution in [0, 0.1) is 11.3 Å². The SMILES string of the molecule is CCCC[C@H](CN(O)C=O)C(=O)NC(C(=O)c1ccc(OC)cc1OC)C(C)(C)C. The summed E-state index contributed by atoms with van der Waals surface area (Å²) in [6.45, 7) is 7.43. The summed E-state index contributed by atoms with van der Waals surface area (Å²) in [5.74, 6) is -0.398. The van der Waals surface area contributed by atoms with Gasteiger partial charge in [-0.25, -0.2) is 5.06 Å². The Bertz CT molecular complexity index is 729. The fraction of sp³-hybridized carbons (Fsp3) is 0.591. The summed E-state index contributed by atoms with van der Waals surface area (Å²) < 4.78 is 10.5. The number of nitrogens with zero attached hydrogens (tertiary/aromatic N) is 1. The van der Waals surface area contributed by atoms with Gasteiger partial charge < -0.3 is 14.8 Å². The van der Waals surface area contributed by atoms with Gasteiger partial charge in [0.1, 0.15) is 11.5 Å². The molecule has 0 saturated carbocycles. The Balaban J connectivity index is 3.18. The van der Waals surface area contributed by atoms with Crippen molar-refractivity contribution in [2.45, 2.75) is 53.0 Å². The molecule has 0 aromatic heterocycles. The lowest BCUT2D eigenvalue weighted by Gasteiger charge is -2.32. The van der Waals surface area contributed by atoms with Crippen LogP contribution in [0.4, 0.5) is 0 Å². The van der Waals surface area contributed by atoms with Gasteiger partial charge in [0.05, 0.1) is 38.3 Å². The van der Waals surface area contributed by atoms with Crippen molar-refractivity contribution in [2.75, 3.05) is 20.8 Å². The highest BCUT2D eigenvalue weighted by Gasteiger charge is 2.36. The Morgan fingerprint density at radius 3 is 2.40 bits per heavy atom. The molecular formula is C22H34N2O6. The topological polar surface area (TPSA) is 105 Å². The molecule has 0 aliphatic heterocycles. The summed E-state index contributed by atoms with van der Waals surface area (Å²) in [6, 6.07) is 4.06. The lowest BCUT2D eigenvalue weighted by atomic mass is 9.81. The molecule has 0 saturated heterocycles. The Kier molecular flexibility index (Phi) is 9.78. The molecule has 0 aliphatic carbocycles. The van der Waals surface area contributed by atoms with Gasteiger partial charge in [0.25, 0.3) is 0 Å². The van der Waals surface area contributed by atoms with E-state index in [-0.39, 0.29) is 24.6 Å². The number of methoxy groups -OCH3 is 2. The monoisotopic (exact) mass is 422 g/mol. The van der Waals surface area contributed by atoms with E-state index in [2.05, 4.69) is 5.32 Å². The van der Waals surface area contributed by atoms with Gasteiger partial charge in [0.15, 0.2) is 5.78 Å². The van der Waals surface area contributed by atoms with E-state index in [0.717, 1.165) is 12.8 Å². The maximum Gasteiger partial charge on any atom is 0.233 e. The quantitative estimate of drug-likeness (QED) is 0.232. The van der Waals surface area contributed by atoms with E-state index in [1.165, 1.54) is 14.2 Å². The molecule has 30 heavy (non-hydrogen) atoms. The number of ether oxygens (including phenoxy) is 2. The average molecular weight is 423 g/mol. The van der Waals surface area contributed by atoms with Crippen molar-refractivity contribution in [1.82, 2.24) is 10.4 Å². The molecule has 0 radical (unpaired) electrons. The van der Waals surface area contributed by atoms with E-state index in [4.69, 9.17) is 9.47 Å². The Morgan fingerprint density at radius 1 is 1.23 bits per heavy atom. The van der Waals surface area contributed by atoms with Crippen LogP contribution >= 0.6 is 0 Å². The molecule has 2 amide bonds. The zero-order valence-electron chi connectivity index (χ0n) is 18.7. The highest BCUT2D eigenvalue weighted by Crippen LogP contribution is 2.30. The molecule has 2 N–H and O–H groups in total. The first kappa shape index (κ1) is 25.4. The third kappa shape index (κ3) is 7.02. The maximum atomic E-state index is 13.4. The third-order valence-electron chi connectivity index (χ3n) is 4.90. The predicted molar refractivity (Wildman–Crippen MR) is 113 cm³/mol. The van der Waals surface area contributed by atoms with Crippen LogP contribution in [0.3, 0.4) is 0 Å². The standard InChI is InChI=1S/C22H34N2O6/c1-7-8-9-15(13-24(28)14-25)21(27)23-20(22(2,3)4)19(26)17-11-10-16(29-5)12-18(17)30-6/h10-12,14-15,20,28H,7-9,13H2,1-6H3,(H,23,27)/t15-,20?/m1/s1. The van der Waals surface area contributed by atoms with Gasteiger partial charge in [-0.1, -0.05) is 40.5 Å². The van der Waals surface area contributed by atoms with Crippen LogP contribution in [0.1, 0.15) is 57.3 Å². The summed E-state index contributed by atoms with van der Waals surface area (Å²) in [5, 5.41) is 12.9. The molecule has 0 aliphatic rings. The molecule has 1 rings (SSSR count).